The second kappa shape index (κ2) is 16.4. The van der Waals surface area contributed by atoms with Crippen molar-refractivity contribution in [1.82, 2.24) is 0 Å². The van der Waals surface area contributed by atoms with Crippen LogP contribution in [0.25, 0.3) is 0 Å². The van der Waals surface area contributed by atoms with Gasteiger partial charge in [-0.3, -0.25) is 4.79 Å². The summed E-state index contributed by atoms with van der Waals surface area (Å²) in [5.41, 5.74) is 3.53. The third-order valence-electron chi connectivity index (χ3n) is 9.93. The lowest BCUT2D eigenvalue weighted by molar-refractivity contribution is -0.142. The molecule has 1 aliphatic rings. The third-order valence-corrected chi connectivity index (χ3v) is 15.3. The summed E-state index contributed by atoms with van der Waals surface area (Å²) >= 11 is 0. The van der Waals surface area contributed by atoms with Crippen LogP contribution in [0, 0.1) is 0 Å². The first kappa shape index (κ1) is 37.4. The van der Waals surface area contributed by atoms with Gasteiger partial charge in [-0.1, -0.05) is 107 Å². The Morgan fingerprint density at radius 3 is 1.80 bits per heavy atom. The molecule has 0 amide bonds. The largest absolute Gasteiger partial charge is 0.497 e. The summed E-state index contributed by atoms with van der Waals surface area (Å²) in [7, 11) is 2.87. The number of methoxy groups -OCH3 is 2. The number of rotatable bonds is 15. The van der Waals surface area contributed by atoms with Crippen LogP contribution in [0.3, 0.4) is 0 Å². The van der Waals surface area contributed by atoms with Gasteiger partial charge in [0.1, 0.15) is 37.7 Å². The number of hydrogen-bond acceptors (Lipinski definition) is 7. The van der Waals surface area contributed by atoms with E-state index in [9.17, 15) is 4.79 Å². The van der Waals surface area contributed by atoms with E-state index in [4.69, 9.17) is 28.1 Å². The smallest absolute Gasteiger partial charge is 0.302 e. The van der Waals surface area contributed by atoms with Crippen LogP contribution >= 0.6 is 0 Å². The topological polar surface area (TPSA) is 72.5 Å². The molecule has 264 valence electrons. The van der Waals surface area contributed by atoms with Crippen molar-refractivity contribution < 1.29 is 32.9 Å². The average molecular weight is 695 g/mol. The van der Waals surface area contributed by atoms with E-state index in [0.29, 0.717) is 17.7 Å². The SMILES string of the molecule is B[C@H]1CC(O[Si](c2ccc(COC(C)=O)cc2)(C(C)C)C(C)C)[C@@H](COC(c2ccccc2)(c2ccc(OC)cc2)c2ccc(OC)cc2)O1. The van der Waals surface area contributed by atoms with Crippen molar-refractivity contribution >= 4 is 27.3 Å². The quantitative estimate of drug-likeness (QED) is 0.0764. The third kappa shape index (κ3) is 7.86. The summed E-state index contributed by atoms with van der Waals surface area (Å²) in [5.74, 6) is 1.26. The molecule has 0 N–H and O–H groups in total. The highest BCUT2D eigenvalue weighted by Gasteiger charge is 2.49. The van der Waals surface area contributed by atoms with E-state index in [1.165, 1.54) is 12.1 Å². The number of ether oxygens (including phenoxy) is 5. The van der Waals surface area contributed by atoms with Gasteiger partial charge in [-0.05, 0) is 69.2 Å². The Morgan fingerprint density at radius 2 is 1.32 bits per heavy atom. The Morgan fingerprint density at radius 1 is 0.800 bits per heavy atom. The van der Waals surface area contributed by atoms with Crippen molar-refractivity contribution in [3.8, 4) is 11.5 Å². The second-order valence-electron chi connectivity index (χ2n) is 13.8. The highest BCUT2D eigenvalue weighted by molar-refractivity contribution is 6.88. The number of carbonyl (C=O) groups excluding carboxylic acids is 1. The predicted molar refractivity (Wildman–Crippen MR) is 202 cm³/mol. The Kier molecular flexibility index (Phi) is 12.3. The molecule has 4 aromatic carbocycles. The van der Waals surface area contributed by atoms with E-state index >= 15 is 0 Å². The Labute approximate surface area is 299 Å². The Hall–Kier alpha value is -3.89. The summed E-state index contributed by atoms with van der Waals surface area (Å²) < 4.78 is 37.7. The lowest BCUT2D eigenvalue weighted by Crippen LogP contribution is -2.59. The van der Waals surface area contributed by atoms with Gasteiger partial charge in [0.25, 0.3) is 0 Å². The van der Waals surface area contributed by atoms with Gasteiger partial charge < -0.3 is 28.1 Å². The first-order chi connectivity index (χ1) is 24.0. The molecule has 1 saturated heterocycles. The number of esters is 1. The Bertz CT molecular complexity index is 1600. The van der Waals surface area contributed by atoms with Gasteiger partial charge in [0.2, 0.25) is 8.32 Å². The van der Waals surface area contributed by atoms with E-state index < -0.39 is 13.9 Å². The molecule has 1 unspecified atom stereocenters. The zero-order valence-corrected chi connectivity index (χ0v) is 31.7. The monoisotopic (exact) mass is 694 g/mol. The van der Waals surface area contributed by atoms with Gasteiger partial charge in [0.05, 0.1) is 26.9 Å². The minimum absolute atomic E-state index is 0.0128. The van der Waals surface area contributed by atoms with Gasteiger partial charge >= 0.3 is 5.97 Å². The minimum atomic E-state index is -2.59. The van der Waals surface area contributed by atoms with Gasteiger partial charge in [-0.2, -0.15) is 0 Å². The maximum atomic E-state index is 11.4. The molecule has 1 heterocycles. The molecule has 4 aromatic rings. The van der Waals surface area contributed by atoms with Crippen LogP contribution in [0.5, 0.6) is 11.5 Å². The Balaban J connectivity index is 1.52. The molecule has 7 nitrogen and oxygen atoms in total. The first-order valence-corrected chi connectivity index (χ1v) is 19.6. The van der Waals surface area contributed by atoms with Gasteiger partial charge in [0, 0.05) is 12.9 Å². The lowest BCUT2D eigenvalue weighted by atomic mass is 9.80. The fraction of sp³-hybridized carbons (Fsp3) is 0.390. The van der Waals surface area contributed by atoms with E-state index in [2.05, 4.69) is 96.2 Å². The number of hydrogen-bond donors (Lipinski definition) is 0. The van der Waals surface area contributed by atoms with Gasteiger partial charge in [0.15, 0.2) is 0 Å². The highest BCUT2D eigenvalue weighted by Crippen LogP contribution is 2.43. The van der Waals surface area contributed by atoms with E-state index in [1.54, 1.807) is 14.2 Å². The molecule has 0 spiro atoms. The van der Waals surface area contributed by atoms with Crippen molar-refractivity contribution in [3.63, 3.8) is 0 Å². The van der Waals surface area contributed by atoms with Crippen LogP contribution in [0.4, 0.5) is 0 Å². The van der Waals surface area contributed by atoms with Gasteiger partial charge in [-0.15, -0.1) is 0 Å². The van der Waals surface area contributed by atoms with Crippen molar-refractivity contribution in [2.75, 3.05) is 20.8 Å². The summed E-state index contributed by atoms with van der Waals surface area (Å²) in [6.45, 7) is 11.1. The van der Waals surface area contributed by atoms with Crippen molar-refractivity contribution in [2.24, 2.45) is 0 Å². The molecule has 0 aliphatic carbocycles. The second-order valence-corrected chi connectivity index (χ2v) is 18.5. The standard InChI is InChI=1S/C41H51BO7Si/c1-28(2)50(29(3)4,37-23-13-31(14-24-37)26-46-30(5)43)49-38-25-40(42)48-39(38)27-47-41(32-11-9-8-10-12-32,33-15-19-35(44-6)20-16-33)34-17-21-36(45-7)22-18-34/h8-24,28-29,38-40H,25-27,42H2,1-7H3/t38?,39-,40-/m1/s1. The van der Waals surface area contributed by atoms with Crippen LogP contribution in [-0.4, -0.2) is 61.2 Å². The first-order valence-electron chi connectivity index (χ1n) is 17.6. The molecule has 0 bridgehead atoms. The van der Waals surface area contributed by atoms with E-state index in [0.717, 1.165) is 40.2 Å². The van der Waals surface area contributed by atoms with Crippen LogP contribution < -0.4 is 14.7 Å². The van der Waals surface area contributed by atoms with Crippen LogP contribution in [-0.2, 0) is 35.6 Å². The number of benzene rings is 4. The molecule has 1 aliphatic heterocycles. The molecule has 50 heavy (non-hydrogen) atoms. The van der Waals surface area contributed by atoms with Crippen molar-refractivity contribution in [2.45, 2.75) is 82.5 Å². The van der Waals surface area contributed by atoms with E-state index in [1.807, 2.05) is 42.5 Å². The fourth-order valence-corrected chi connectivity index (χ4v) is 12.2. The molecule has 0 saturated carbocycles. The molecular weight excluding hydrogens is 643 g/mol. The molecule has 0 radical (unpaired) electrons. The molecule has 0 aromatic heterocycles. The minimum Gasteiger partial charge on any atom is -0.497 e. The van der Waals surface area contributed by atoms with Gasteiger partial charge in [-0.25, -0.2) is 0 Å². The molecule has 1 fully saturated rings. The van der Waals surface area contributed by atoms with Crippen molar-refractivity contribution in [3.05, 3.63) is 125 Å². The average Bonchev–Trinajstić information content (AvgIpc) is 3.49. The zero-order chi connectivity index (χ0) is 35.9. The zero-order valence-electron chi connectivity index (χ0n) is 30.7. The number of carbonyl (C=O) groups is 1. The fourth-order valence-electron chi connectivity index (χ4n) is 7.44. The van der Waals surface area contributed by atoms with E-state index in [-0.39, 0.29) is 30.8 Å². The van der Waals surface area contributed by atoms with Crippen LogP contribution in [0.2, 0.25) is 11.1 Å². The summed E-state index contributed by atoms with van der Waals surface area (Å²) in [6.07, 6.45) is 0.315. The maximum absolute atomic E-state index is 11.4. The molecule has 5 rings (SSSR count). The highest BCUT2D eigenvalue weighted by atomic mass is 28.4. The summed E-state index contributed by atoms with van der Waals surface area (Å²) in [4.78, 5) is 11.4. The molecule has 9 heteroatoms. The normalized spacial score (nSPS) is 18.0. The predicted octanol–water partition coefficient (Wildman–Crippen LogP) is 6.88. The van der Waals surface area contributed by atoms with Crippen molar-refractivity contribution in [1.29, 1.82) is 0 Å². The van der Waals surface area contributed by atoms with Crippen LogP contribution in [0.1, 0.15) is 63.3 Å². The summed E-state index contributed by atoms with van der Waals surface area (Å²) in [5, 5.41) is 1.23. The maximum Gasteiger partial charge on any atom is 0.302 e. The lowest BCUT2D eigenvalue weighted by Gasteiger charge is -2.42. The van der Waals surface area contributed by atoms with Crippen LogP contribution in [0.15, 0.2) is 103 Å². The molecule has 3 atom stereocenters. The summed E-state index contributed by atoms with van der Waals surface area (Å²) in [6, 6.07) is 35.0. The molecular formula is C41H51BO7Si.